The van der Waals surface area contributed by atoms with Gasteiger partial charge in [-0.25, -0.2) is 18.1 Å². The van der Waals surface area contributed by atoms with Gasteiger partial charge in [0.2, 0.25) is 10.0 Å². The van der Waals surface area contributed by atoms with Crippen LogP contribution in [0.15, 0.2) is 23.2 Å². The summed E-state index contributed by atoms with van der Waals surface area (Å²) in [6.07, 6.45) is 1.97. The number of nitrogens with one attached hydrogen (secondary N) is 1. The Morgan fingerprint density at radius 3 is 2.89 bits per heavy atom. The van der Waals surface area contributed by atoms with Crippen molar-refractivity contribution in [2.24, 2.45) is 0 Å². The van der Waals surface area contributed by atoms with Gasteiger partial charge in [0.1, 0.15) is 11.0 Å². The van der Waals surface area contributed by atoms with E-state index in [1.165, 1.54) is 25.4 Å². The molecule has 0 aliphatic heterocycles. The maximum Gasteiger partial charge on any atom is 0.243 e. The Labute approximate surface area is 107 Å². The third-order valence-electron chi connectivity index (χ3n) is 2.35. The lowest BCUT2D eigenvalue weighted by atomic mass is 10.3. The molecule has 98 valence electrons. The highest BCUT2D eigenvalue weighted by Crippen LogP contribution is 2.12. The molecule has 0 radical (unpaired) electrons. The number of nitriles is 1. The van der Waals surface area contributed by atoms with Crippen LogP contribution in [0.25, 0.3) is 0 Å². The Hall–Kier alpha value is -1.49. The fourth-order valence-corrected chi connectivity index (χ4v) is 2.82. The van der Waals surface area contributed by atoms with Crippen molar-refractivity contribution in [2.75, 3.05) is 13.7 Å². The Morgan fingerprint density at radius 1 is 1.61 bits per heavy atom. The molecule has 0 aliphatic carbocycles. The predicted octanol–water partition coefficient (Wildman–Crippen LogP) is 0.657. The maximum atomic E-state index is 12.1. The van der Waals surface area contributed by atoms with Gasteiger partial charge in [-0.3, -0.25) is 0 Å². The average Bonchev–Trinajstić information content (AvgIpc) is 2.38. The zero-order chi connectivity index (χ0) is 13.6. The summed E-state index contributed by atoms with van der Waals surface area (Å²) in [5.41, 5.74) is -0.114. The third-order valence-corrected chi connectivity index (χ3v) is 3.90. The van der Waals surface area contributed by atoms with Crippen LogP contribution in [0.2, 0.25) is 0 Å². The molecule has 1 heterocycles. The van der Waals surface area contributed by atoms with Crippen molar-refractivity contribution in [1.29, 1.82) is 5.26 Å². The minimum Gasteiger partial charge on any atom is -0.383 e. The highest BCUT2D eigenvalue weighted by molar-refractivity contribution is 7.89. The van der Waals surface area contributed by atoms with E-state index in [4.69, 9.17) is 10.00 Å². The molecule has 0 amide bonds. The highest BCUT2D eigenvalue weighted by Gasteiger charge is 2.22. The molecule has 6 nitrogen and oxygen atoms in total. The first-order valence-electron chi connectivity index (χ1n) is 5.41. The molecule has 18 heavy (non-hydrogen) atoms. The van der Waals surface area contributed by atoms with Crippen molar-refractivity contribution < 1.29 is 13.2 Å². The normalized spacial score (nSPS) is 12.9. The van der Waals surface area contributed by atoms with E-state index in [1.807, 2.05) is 6.92 Å². The van der Waals surface area contributed by atoms with E-state index < -0.39 is 10.0 Å². The van der Waals surface area contributed by atoms with Crippen molar-refractivity contribution in [3.05, 3.63) is 24.0 Å². The lowest BCUT2D eigenvalue weighted by Gasteiger charge is -2.16. The second kappa shape index (κ2) is 6.44. The molecule has 0 aliphatic rings. The predicted molar refractivity (Wildman–Crippen MR) is 65.2 cm³/mol. The number of ether oxygens (including phenoxy) is 1. The number of nitrogens with zero attached hydrogens (tertiary/aromatic N) is 2. The van der Waals surface area contributed by atoms with Crippen LogP contribution < -0.4 is 4.72 Å². The molecule has 1 aromatic rings. The summed E-state index contributed by atoms with van der Waals surface area (Å²) in [7, 11) is -2.25. The molecule has 1 unspecified atom stereocenters. The quantitative estimate of drug-likeness (QED) is 0.818. The summed E-state index contributed by atoms with van der Waals surface area (Å²) < 4.78 is 31.6. The first-order chi connectivity index (χ1) is 8.55. The fourth-order valence-electron chi connectivity index (χ4n) is 1.41. The van der Waals surface area contributed by atoms with E-state index in [9.17, 15) is 8.42 Å². The molecule has 0 saturated heterocycles. The van der Waals surface area contributed by atoms with Gasteiger partial charge in [-0.15, -0.1) is 0 Å². The third kappa shape index (κ3) is 3.50. The molecule has 1 atom stereocenters. The van der Waals surface area contributed by atoms with Crippen LogP contribution in [0.1, 0.15) is 19.0 Å². The van der Waals surface area contributed by atoms with Crippen LogP contribution in [0, 0.1) is 11.3 Å². The van der Waals surface area contributed by atoms with E-state index in [0.29, 0.717) is 6.42 Å². The van der Waals surface area contributed by atoms with Gasteiger partial charge in [-0.1, -0.05) is 6.92 Å². The van der Waals surface area contributed by atoms with E-state index in [-0.39, 0.29) is 23.2 Å². The van der Waals surface area contributed by atoms with Crippen molar-refractivity contribution in [1.82, 2.24) is 9.71 Å². The molecular formula is C11H15N3O3S. The maximum absolute atomic E-state index is 12.1. The van der Waals surface area contributed by atoms with Crippen LogP contribution in [-0.4, -0.2) is 33.2 Å². The Bertz CT molecular complexity index is 537. The average molecular weight is 269 g/mol. The number of aromatic nitrogens is 1. The van der Waals surface area contributed by atoms with Crippen LogP contribution in [-0.2, 0) is 14.8 Å². The topological polar surface area (TPSA) is 92.1 Å². The van der Waals surface area contributed by atoms with Gasteiger partial charge in [0.15, 0.2) is 5.69 Å². The number of methoxy groups -OCH3 is 1. The minimum atomic E-state index is -3.75. The van der Waals surface area contributed by atoms with E-state index >= 15 is 0 Å². The van der Waals surface area contributed by atoms with Gasteiger partial charge in [-0.05, 0) is 18.6 Å². The van der Waals surface area contributed by atoms with Crippen molar-refractivity contribution in [3.8, 4) is 6.07 Å². The standard InChI is InChI=1S/C11H15N3O3S/c1-3-9(8-17-2)14-18(15,16)11-5-4-6-13-10(11)7-12/h4-6,9,14H,3,8H2,1-2H3. The first-order valence-corrected chi connectivity index (χ1v) is 6.89. The van der Waals surface area contributed by atoms with Gasteiger partial charge in [0.25, 0.3) is 0 Å². The molecule has 7 heteroatoms. The van der Waals surface area contributed by atoms with Gasteiger partial charge in [0, 0.05) is 19.3 Å². The number of rotatable bonds is 6. The van der Waals surface area contributed by atoms with Gasteiger partial charge < -0.3 is 4.74 Å². The number of hydrogen-bond acceptors (Lipinski definition) is 5. The number of pyridine rings is 1. The Kier molecular flexibility index (Phi) is 5.22. The van der Waals surface area contributed by atoms with Crippen LogP contribution in [0.4, 0.5) is 0 Å². The van der Waals surface area contributed by atoms with Gasteiger partial charge >= 0.3 is 0 Å². The second-order valence-corrected chi connectivity index (χ2v) is 5.33. The zero-order valence-electron chi connectivity index (χ0n) is 10.3. The lowest BCUT2D eigenvalue weighted by molar-refractivity contribution is 0.173. The van der Waals surface area contributed by atoms with Gasteiger partial charge in [-0.2, -0.15) is 5.26 Å². The Morgan fingerprint density at radius 2 is 2.33 bits per heavy atom. The number of hydrogen-bond donors (Lipinski definition) is 1. The molecule has 0 spiro atoms. The molecule has 0 fully saturated rings. The van der Waals surface area contributed by atoms with Gasteiger partial charge in [0.05, 0.1) is 6.61 Å². The summed E-state index contributed by atoms with van der Waals surface area (Å²) in [4.78, 5) is 3.62. The van der Waals surface area contributed by atoms with Crippen molar-refractivity contribution >= 4 is 10.0 Å². The van der Waals surface area contributed by atoms with Crippen LogP contribution in [0.3, 0.4) is 0 Å². The van der Waals surface area contributed by atoms with Crippen LogP contribution in [0.5, 0.6) is 0 Å². The SMILES string of the molecule is CCC(COC)NS(=O)(=O)c1cccnc1C#N. The summed E-state index contributed by atoms with van der Waals surface area (Å²) in [6.45, 7) is 2.12. The molecule has 0 aromatic carbocycles. The molecule has 0 bridgehead atoms. The van der Waals surface area contributed by atoms with E-state index in [2.05, 4.69) is 9.71 Å². The van der Waals surface area contributed by atoms with Crippen molar-refractivity contribution in [3.63, 3.8) is 0 Å². The summed E-state index contributed by atoms with van der Waals surface area (Å²) in [5.74, 6) is 0. The first kappa shape index (κ1) is 14.6. The van der Waals surface area contributed by atoms with Crippen LogP contribution >= 0.6 is 0 Å². The second-order valence-electron chi connectivity index (χ2n) is 3.64. The van der Waals surface area contributed by atoms with Crippen molar-refractivity contribution in [2.45, 2.75) is 24.3 Å². The van der Waals surface area contributed by atoms with E-state index in [1.54, 1.807) is 6.07 Å². The molecule has 1 aromatic heterocycles. The minimum absolute atomic E-state index is 0.109. The lowest BCUT2D eigenvalue weighted by Crippen LogP contribution is -2.37. The monoisotopic (exact) mass is 269 g/mol. The largest absolute Gasteiger partial charge is 0.383 e. The Balaban J connectivity index is 3.03. The smallest absolute Gasteiger partial charge is 0.243 e. The summed E-state index contributed by atoms with van der Waals surface area (Å²) >= 11 is 0. The number of sulfonamides is 1. The molecule has 1 rings (SSSR count). The highest BCUT2D eigenvalue weighted by atomic mass is 32.2. The fraction of sp³-hybridized carbons (Fsp3) is 0.455. The summed E-state index contributed by atoms with van der Waals surface area (Å²) in [6, 6.07) is 4.27. The molecule has 0 saturated carbocycles. The summed E-state index contributed by atoms with van der Waals surface area (Å²) in [5, 5.41) is 8.85. The zero-order valence-corrected chi connectivity index (χ0v) is 11.1. The van der Waals surface area contributed by atoms with E-state index in [0.717, 1.165) is 0 Å². The molecular weight excluding hydrogens is 254 g/mol. The molecule has 1 N–H and O–H groups in total.